The molecule has 1 aliphatic heterocycles. The molecule has 0 radical (unpaired) electrons. The van der Waals surface area contributed by atoms with E-state index in [2.05, 4.69) is 40.7 Å². The first-order valence-corrected chi connectivity index (χ1v) is 18.8. The molecule has 286 valence electrons. The Balaban J connectivity index is 1.17. The van der Waals surface area contributed by atoms with E-state index in [1.807, 2.05) is 44.3 Å². The Hall–Kier alpha value is -5.12. The summed E-state index contributed by atoms with van der Waals surface area (Å²) in [6.45, 7) is 9.34. The minimum atomic E-state index is -0.714. The Labute approximate surface area is 313 Å². The number of hydrogen-bond donors (Lipinski definition) is 5. The zero-order valence-electron chi connectivity index (χ0n) is 31.7. The van der Waals surface area contributed by atoms with Crippen LogP contribution in [0.4, 0.5) is 4.79 Å². The van der Waals surface area contributed by atoms with E-state index in [-0.39, 0.29) is 29.8 Å². The number of carbonyl (C=O) groups is 2. The summed E-state index contributed by atoms with van der Waals surface area (Å²) in [5.74, 6) is 2.28. The molecule has 54 heavy (non-hydrogen) atoms. The molecule has 5 heterocycles. The number of fused-ring (bicyclic) bond motifs is 6. The third-order valence-electron chi connectivity index (χ3n) is 10.6. The Morgan fingerprint density at radius 2 is 1.85 bits per heavy atom. The molecule has 1 aliphatic rings. The van der Waals surface area contributed by atoms with E-state index in [0.717, 1.165) is 65.3 Å². The summed E-state index contributed by atoms with van der Waals surface area (Å²) in [6.07, 6.45) is 5.41. The molecule has 0 aliphatic carbocycles. The fourth-order valence-corrected chi connectivity index (χ4v) is 7.62. The molecule has 1 fully saturated rings. The van der Waals surface area contributed by atoms with Crippen molar-refractivity contribution in [3.8, 4) is 11.5 Å². The number of likely N-dealkylation sites (tertiary alicyclic amines) is 1. The molecule has 15 nitrogen and oxygen atoms in total. The van der Waals surface area contributed by atoms with Gasteiger partial charge in [-0.3, -0.25) is 4.79 Å². The van der Waals surface area contributed by atoms with E-state index < -0.39 is 12.1 Å². The number of carbonyl (C=O) groups excluding carboxylic acids is 2. The highest BCUT2D eigenvalue weighted by Crippen LogP contribution is 2.36. The third kappa shape index (κ3) is 7.22. The molecule has 7 rings (SSSR count). The summed E-state index contributed by atoms with van der Waals surface area (Å²) in [5, 5.41) is 4.64. The summed E-state index contributed by atoms with van der Waals surface area (Å²) < 4.78 is 11.2. The number of hydroxylamine groups is 1. The van der Waals surface area contributed by atoms with Crippen molar-refractivity contribution in [3.05, 3.63) is 48.2 Å². The Morgan fingerprint density at radius 1 is 1.04 bits per heavy atom. The number of methoxy groups -OCH3 is 1. The number of alkyl carbamates (subject to hydrolysis) is 1. The maximum Gasteiger partial charge on any atom is 0.407 e. The largest absolute Gasteiger partial charge is 0.453 e. The van der Waals surface area contributed by atoms with Crippen molar-refractivity contribution in [1.29, 1.82) is 0 Å². The number of ether oxygens (including phenoxy) is 1. The van der Waals surface area contributed by atoms with E-state index in [9.17, 15) is 9.59 Å². The quantitative estimate of drug-likeness (QED) is 0.0793. The maximum absolute atomic E-state index is 13.7. The van der Waals surface area contributed by atoms with E-state index in [1.165, 1.54) is 7.11 Å². The van der Waals surface area contributed by atoms with Gasteiger partial charge in [0.2, 0.25) is 11.8 Å². The van der Waals surface area contributed by atoms with E-state index in [1.54, 1.807) is 12.0 Å². The van der Waals surface area contributed by atoms with Crippen molar-refractivity contribution in [1.82, 2.24) is 45.6 Å². The molecule has 2 amide bonds. The summed E-state index contributed by atoms with van der Waals surface area (Å²) in [4.78, 5) is 59.3. The van der Waals surface area contributed by atoms with Crippen molar-refractivity contribution in [3.63, 3.8) is 0 Å². The van der Waals surface area contributed by atoms with Gasteiger partial charge in [0.05, 0.1) is 31.3 Å². The number of hydrogen-bond acceptors (Lipinski definition) is 11. The van der Waals surface area contributed by atoms with Gasteiger partial charge in [-0.1, -0.05) is 33.8 Å². The van der Waals surface area contributed by atoms with Crippen molar-refractivity contribution in [2.24, 2.45) is 17.6 Å². The van der Waals surface area contributed by atoms with Crippen LogP contribution in [-0.2, 0) is 14.4 Å². The van der Waals surface area contributed by atoms with Gasteiger partial charge in [0.25, 0.3) is 0 Å². The number of amides is 2. The topological polar surface area (TPSA) is 202 Å². The number of pyridine rings is 1. The van der Waals surface area contributed by atoms with Gasteiger partial charge in [-0.25, -0.2) is 24.7 Å². The molecule has 0 spiro atoms. The smallest absolute Gasteiger partial charge is 0.407 e. The molecule has 4 atom stereocenters. The van der Waals surface area contributed by atoms with Gasteiger partial charge in [0.1, 0.15) is 28.7 Å². The lowest BCUT2D eigenvalue weighted by Crippen LogP contribution is -2.51. The second kappa shape index (κ2) is 15.7. The van der Waals surface area contributed by atoms with E-state index >= 15 is 0 Å². The number of aromatic nitrogens is 6. The standard InChI is InChI=1S/C39H50N10O5/c1-20(2)28(48-53-6)18-22(9-7-15-40)34-44-31-25-12-11-23(17-24(25)19-41-36(31)47-34)37-43-27-14-13-26-32(33(27)54-37)45-35(42-26)29-10-8-16-49(29)38(50)30(21(3)4)46-39(51)52-5/h11-14,17,19-22,28-30,48H,7-10,15-16,18,40H2,1-6H3,(H,42,45)(H,46,51)(H,41,44,47)/t22?,28-,29+,30+/m1/s1. The molecule has 1 saturated heterocycles. The second-order valence-electron chi connectivity index (χ2n) is 14.9. The molecule has 0 saturated carbocycles. The predicted octanol–water partition coefficient (Wildman–Crippen LogP) is 6.23. The zero-order valence-corrected chi connectivity index (χ0v) is 31.7. The van der Waals surface area contributed by atoms with Crippen LogP contribution < -0.4 is 16.5 Å². The summed E-state index contributed by atoms with van der Waals surface area (Å²) in [5.41, 5.74) is 14.1. The van der Waals surface area contributed by atoms with Crippen LogP contribution >= 0.6 is 0 Å². The lowest BCUT2D eigenvalue weighted by atomic mass is 9.89. The Bertz CT molecular complexity index is 2280. The first-order valence-electron chi connectivity index (χ1n) is 18.8. The number of nitrogens with two attached hydrogens (primary N) is 1. The van der Waals surface area contributed by atoms with Crippen LogP contribution in [0.1, 0.15) is 83.4 Å². The number of nitrogens with zero attached hydrogens (tertiary/aromatic N) is 5. The molecular weight excluding hydrogens is 688 g/mol. The van der Waals surface area contributed by atoms with Crippen molar-refractivity contribution >= 4 is 56.1 Å². The van der Waals surface area contributed by atoms with Crippen molar-refractivity contribution < 1.29 is 23.6 Å². The van der Waals surface area contributed by atoms with Gasteiger partial charge in [-0.15, -0.1) is 0 Å². The fourth-order valence-electron chi connectivity index (χ4n) is 7.62. The summed E-state index contributed by atoms with van der Waals surface area (Å²) in [6, 6.07) is 9.06. The lowest BCUT2D eigenvalue weighted by Gasteiger charge is -2.29. The van der Waals surface area contributed by atoms with Gasteiger partial charge in [-0.05, 0) is 74.8 Å². The highest BCUT2D eigenvalue weighted by atomic mass is 16.6. The maximum atomic E-state index is 13.7. The van der Waals surface area contributed by atoms with Crippen LogP contribution in [0, 0.1) is 11.8 Å². The highest BCUT2D eigenvalue weighted by Gasteiger charge is 2.38. The second-order valence-corrected chi connectivity index (χ2v) is 14.9. The number of rotatable bonds is 14. The van der Waals surface area contributed by atoms with Crippen LogP contribution in [0.15, 0.2) is 40.9 Å². The molecule has 0 bridgehead atoms. The molecule has 1 unspecified atom stereocenters. The number of imidazole rings is 2. The van der Waals surface area contributed by atoms with Crippen molar-refractivity contribution in [2.45, 2.75) is 83.8 Å². The van der Waals surface area contributed by atoms with E-state index in [0.29, 0.717) is 53.0 Å². The fraction of sp³-hybridized carbons (Fsp3) is 0.487. The lowest BCUT2D eigenvalue weighted by molar-refractivity contribution is -0.135. The third-order valence-corrected chi connectivity index (χ3v) is 10.6. The minimum absolute atomic E-state index is 0.125. The predicted molar refractivity (Wildman–Crippen MR) is 206 cm³/mol. The first-order chi connectivity index (χ1) is 26.1. The number of benzene rings is 2. The SMILES string of the molecule is CON[C@H](CC(CCCN)c1nc2ncc3cc(-c4nc5ccc6nc([C@@H]7CCCN7C(=O)[C@@H](NC(=O)OC)C(C)C)[nH]c6c5o4)ccc3c2[nH]1)C(C)C. The number of oxazole rings is 1. The summed E-state index contributed by atoms with van der Waals surface area (Å²) >= 11 is 0. The van der Waals surface area contributed by atoms with Gasteiger partial charge in [0, 0.05) is 41.0 Å². The number of aromatic amines is 2. The molecule has 6 aromatic rings. The average Bonchev–Trinajstić information content (AvgIpc) is 3.98. The van der Waals surface area contributed by atoms with Gasteiger partial charge in [-0.2, -0.15) is 5.48 Å². The number of H-pyrrole nitrogens is 2. The molecule has 4 aromatic heterocycles. The molecule has 2 aromatic carbocycles. The monoisotopic (exact) mass is 738 g/mol. The van der Waals surface area contributed by atoms with Crippen LogP contribution in [0.2, 0.25) is 0 Å². The van der Waals surface area contributed by atoms with Crippen LogP contribution in [0.25, 0.3) is 55.5 Å². The molecule has 6 N–H and O–H groups in total. The van der Waals surface area contributed by atoms with Gasteiger partial charge >= 0.3 is 6.09 Å². The van der Waals surface area contributed by atoms with Crippen LogP contribution in [0.5, 0.6) is 0 Å². The molecular formula is C39H50N10O5. The zero-order chi connectivity index (χ0) is 38.1. The molecule has 15 heteroatoms. The summed E-state index contributed by atoms with van der Waals surface area (Å²) in [7, 11) is 2.94. The van der Waals surface area contributed by atoms with Gasteiger partial charge < -0.3 is 39.9 Å². The Morgan fingerprint density at radius 3 is 2.59 bits per heavy atom. The minimum Gasteiger partial charge on any atom is -0.453 e. The normalized spacial score (nSPS) is 16.7. The van der Waals surface area contributed by atoms with Gasteiger partial charge in [0.15, 0.2) is 11.2 Å². The average molecular weight is 739 g/mol. The first kappa shape index (κ1) is 37.2. The van der Waals surface area contributed by atoms with Crippen molar-refractivity contribution in [2.75, 3.05) is 27.3 Å². The van der Waals surface area contributed by atoms with Crippen LogP contribution in [0.3, 0.4) is 0 Å². The highest BCUT2D eigenvalue weighted by molar-refractivity contribution is 6.04. The Kier molecular flexibility index (Phi) is 10.8. The van der Waals surface area contributed by atoms with E-state index in [4.69, 9.17) is 39.7 Å². The van der Waals surface area contributed by atoms with Crippen LogP contribution in [-0.4, -0.2) is 86.2 Å². The number of nitrogens with one attached hydrogen (secondary N) is 4.